The van der Waals surface area contributed by atoms with Crippen molar-refractivity contribution >= 4 is 17.5 Å². The number of hydrogen-bond acceptors (Lipinski definition) is 3. The summed E-state index contributed by atoms with van der Waals surface area (Å²) >= 11 is 5.71. The molecule has 0 aliphatic rings. The largest absolute Gasteiger partial charge is 0.349 e. The van der Waals surface area contributed by atoms with Gasteiger partial charge in [-0.15, -0.1) is 0 Å². The third-order valence-electron chi connectivity index (χ3n) is 2.47. The van der Waals surface area contributed by atoms with E-state index in [0.29, 0.717) is 11.6 Å². The van der Waals surface area contributed by atoms with Gasteiger partial charge in [-0.1, -0.05) is 11.6 Å². The molecule has 0 saturated carbocycles. The first-order valence-corrected chi connectivity index (χ1v) is 5.86. The zero-order valence-electron chi connectivity index (χ0n) is 10.2. The van der Waals surface area contributed by atoms with E-state index in [1.165, 1.54) is 10.9 Å². The minimum absolute atomic E-state index is 0.117. The van der Waals surface area contributed by atoms with Crippen LogP contribution in [0.3, 0.4) is 0 Å². The summed E-state index contributed by atoms with van der Waals surface area (Å²) < 4.78 is 3.24. The molecule has 18 heavy (non-hydrogen) atoms. The molecule has 1 amide bonds. The minimum Gasteiger partial charge on any atom is -0.349 e. The highest BCUT2D eigenvalue weighted by Crippen LogP contribution is 2.04. The molecular formula is C11H14ClN5O. The number of halogens is 1. The van der Waals surface area contributed by atoms with Crippen LogP contribution >= 0.6 is 11.6 Å². The number of aromatic nitrogens is 4. The molecule has 0 bridgehead atoms. The fourth-order valence-corrected chi connectivity index (χ4v) is 1.80. The Labute approximate surface area is 110 Å². The molecule has 0 aromatic carbocycles. The standard InChI is InChI=1S/C11H14ClN5O/c1-8-3-10(16(2)15-8)5-13-11(18)7-17-6-9(12)4-14-17/h3-4,6H,5,7H2,1-2H3,(H,13,18). The number of aryl methyl sites for hydroxylation is 2. The Balaban J connectivity index is 1.87. The maximum atomic E-state index is 11.7. The topological polar surface area (TPSA) is 64.7 Å². The third kappa shape index (κ3) is 3.10. The summed E-state index contributed by atoms with van der Waals surface area (Å²) in [6.45, 7) is 2.52. The SMILES string of the molecule is Cc1cc(CNC(=O)Cn2cc(Cl)cn2)n(C)n1. The molecule has 0 aliphatic carbocycles. The van der Waals surface area contributed by atoms with Crippen LogP contribution in [0.2, 0.25) is 5.02 Å². The number of nitrogens with zero attached hydrogens (tertiary/aromatic N) is 4. The molecule has 2 rings (SSSR count). The van der Waals surface area contributed by atoms with Gasteiger partial charge in [0.25, 0.3) is 0 Å². The van der Waals surface area contributed by atoms with Crippen LogP contribution < -0.4 is 5.32 Å². The summed E-state index contributed by atoms with van der Waals surface area (Å²) in [6, 6.07) is 1.94. The number of amides is 1. The van der Waals surface area contributed by atoms with E-state index in [9.17, 15) is 4.79 Å². The molecule has 6 nitrogen and oxygen atoms in total. The van der Waals surface area contributed by atoms with Gasteiger partial charge in [-0.25, -0.2) is 0 Å². The smallest absolute Gasteiger partial charge is 0.242 e. The molecule has 0 spiro atoms. The average Bonchev–Trinajstić information content (AvgIpc) is 2.82. The highest BCUT2D eigenvalue weighted by molar-refractivity contribution is 6.30. The van der Waals surface area contributed by atoms with Crippen molar-refractivity contribution < 1.29 is 4.79 Å². The maximum absolute atomic E-state index is 11.7. The van der Waals surface area contributed by atoms with Crippen LogP contribution in [0.25, 0.3) is 0 Å². The number of carbonyl (C=O) groups excluding carboxylic acids is 1. The molecular weight excluding hydrogens is 254 g/mol. The van der Waals surface area contributed by atoms with Crippen LogP contribution in [0.1, 0.15) is 11.4 Å². The fourth-order valence-electron chi connectivity index (χ4n) is 1.65. The normalized spacial score (nSPS) is 10.6. The van der Waals surface area contributed by atoms with Crippen LogP contribution in [0.4, 0.5) is 0 Å². The van der Waals surface area contributed by atoms with E-state index < -0.39 is 0 Å². The molecule has 0 atom stereocenters. The van der Waals surface area contributed by atoms with Crippen molar-refractivity contribution in [1.82, 2.24) is 24.9 Å². The summed E-state index contributed by atoms with van der Waals surface area (Å²) in [5.41, 5.74) is 1.89. The molecule has 0 saturated heterocycles. The highest BCUT2D eigenvalue weighted by Gasteiger charge is 2.06. The van der Waals surface area contributed by atoms with Gasteiger partial charge in [0.05, 0.1) is 29.2 Å². The van der Waals surface area contributed by atoms with E-state index in [4.69, 9.17) is 11.6 Å². The van der Waals surface area contributed by atoms with Crippen LogP contribution in [-0.4, -0.2) is 25.5 Å². The molecule has 2 aromatic heterocycles. The number of carbonyl (C=O) groups is 1. The summed E-state index contributed by atoms with van der Waals surface area (Å²) in [5.74, 6) is -0.117. The van der Waals surface area contributed by atoms with E-state index in [1.807, 2.05) is 20.0 Å². The summed E-state index contributed by atoms with van der Waals surface area (Å²) in [7, 11) is 1.85. The van der Waals surface area contributed by atoms with Crippen molar-refractivity contribution in [2.75, 3.05) is 0 Å². The first kappa shape index (κ1) is 12.6. The molecule has 2 aromatic rings. The minimum atomic E-state index is -0.117. The lowest BCUT2D eigenvalue weighted by Crippen LogP contribution is -2.28. The van der Waals surface area contributed by atoms with Gasteiger partial charge in [0.15, 0.2) is 0 Å². The summed E-state index contributed by atoms with van der Waals surface area (Å²) in [5, 5.41) is 11.5. The van der Waals surface area contributed by atoms with Gasteiger partial charge in [-0.2, -0.15) is 10.2 Å². The van der Waals surface area contributed by atoms with Crippen molar-refractivity contribution in [3.63, 3.8) is 0 Å². The van der Waals surface area contributed by atoms with E-state index >= 15 is 0 Å². The van der Waals surface area contributed by atoms with Crippen molar-refractivity contribution in [1.29, 1.82) is 0 Å². The molecule has 0 radical (unpaired) electrons. The van der Waals surface area contributed by atoms with E-state index in [0.717, 1.165) is 11.4 Å². The molecule has 7 heteroatoms. The third-order valence-corrected chi connectivity index (χ3v) is 2.67. The van der Waals surface area contributed by atoms with Gasteiger partial charge in [0.2, 0.25) is 5.91 Å². The quantitative estimate of drug-likeness (QED) is 0.895. The Morgan fingerprint density at radius 1 is 1.56 bits per heavy atom. The molecule has 1 N–H and O–H groups in total. The zero-order chi connectivity index (χ0) is 13.1. The van der Waals surface area contributed by atoms with E-state index in [2.05, 4.69) is 15.5 Å². The van der Waals surface area contributed by atoms with Gasteiger partial charge in [-0.05, 0) is 13.0 Å². The zero-order valence-corrected chi connectivity index (χ0v) is 11.0. The second-order valence-electron chi connectivity index (χ2n) is 4.03. The van der Waals surface area contributed by atoms with Gasteiger partial charge in [0, 0.05) is 13.2 Å². The first-order valence-electron chi connectivity index (χ1n) is 5.49. The molecule has 0 unspecified atom stereocenters. The van der Waals surface area contributed by atoms with Crippen LogP contribution in [0.15, 0.2) is 18.5 Å². The lowest BCUT2D eigenvalue weighted by molar-refractivity contribution is -0.122. The lowest BCUT2D eigenvalue weighted by Gasteiger charge is -2.05. The number of nitrogens with one attached hydrogen (secondary N) is 1. The Hall–Kier alpha value is -1.82. The Morgan fingerprint density at radius 3 is 2.89 bits per heavy atom. The second-order valence-corrected chi connectivity index (χ2v) is 4.47. The predicted octanol–water partition coefficient (Wildman–Crippen LogP) is 0.895. The lowest BCUT2D eigenvalue weighted by atomic mass is 10.3. The maximum Gasteiger partial charge on any atom is 0.242 e. The highest BCUT2D eigenvalue weighted by atomic mass is 35.5. The van der Waals surface area contributed by atoms with Crippen molar-refractivity contribution in [2.24, 2.45) is 7.05 Å². The second kappa shape index (κ2) is 5.22. The van der Waals surface area contributed by atoms with Crippen LogP contribution in [0, 0.1) is 6.92 Å². The van der Waals surface area contributed by atoms with Gasteiger partial charge < -0.3 is 5.32 Å². The van der Waals surface area contributed by atoms with Crippen molar-refractivity contribution in [3.05, 3.63) is 34.9 Å². The monoisotopic (exact) mass is 267 g/mol. The summed E-state index contributed by atoms with van der Waals surface area (Å²) in [6.07, 6.45) is 3.11. The molecule has 0 aliphatic heterocycles. The van der Waals surface area contributed by atoms with Gasteiger partial charge in [-0.3, -0.25) is 14.2 Å². The number of rotatable bonds is 4. The Kier molecular flexibility index (Phi) is 3.66. The first-order chi connectivity index (χ1) is 8.54. The summed E-state index contributed by atoms with van der Waals surface area (Å²) in [4.78, 5) is 11.7. The van der Waals surface area contributed by atoms with Crippen LogP contribution in [0.5, 0.6) is 0 Å². The average molecular weight is 268 g/mol. The molecule has 2 heterocycles. The van der Waals surface area contributed by atoms with E-state index in [-0.39, 0.29) is 12.5 Å². The Bertz CT molecular complexity index is 560. The number of hydrogen-bond donors (Lipinski definition) is 1. The van der Waals surface area contributed by atoms with Gasteiger partial charge in [0.1, 0.15) is 6.54 Å². The molecule has 0 fully saturated rings. The molecule has 96 valence electrons. The predicted molar refractivity (Wildman–Crippen MR) is 67.0 cm³/mol. The fraction of sp³-hybridized carbons (Fsp3) is 0.364. The van der Waals surface area contributed by atoms with E-state index in [1.54, 1.807) is 10.9 Å². The van der Waals surface area contributed by atoms with Crippen molar-refractivity contribution in [3.8, 4) is 0 Å². The van der Waals surface area contributed by atoms with Crippen molar-refractivity contribution in [2.45, 2.75) is 20.0 Å². The Morgan fingerprint density at radius 2 is 2.33 bits per heavy atom. The van der Waals surface area contributed by atoms with Gasteiger partial charge >= 0.3 is 0 Å². The van der Waals surface area contributed by atoms with Crippen LogP contribution in [-0.2, 0) is 24.9 Å².